The molecule has 0 amide bonds. The molecule has 0 bridgehead atoms. The van der Waals surface area contributed by atoms with Crippen LogP contribution in [0.15, 0.2) is 12.3 Å². The minimum atomic E-state index is 0.833. The van der Waals surface area contributed by atoms with E-state index in [4.69, 9.17) is 5.73 Å². The molecule has 15 heavy (non-hydrogen) atoms. The van der Waals surface area contributed by atoms with Crippen LogP contribution >= 0.6 is 0 Å². The van der Waals surface area contributed by atoms with E-state index in [-0.39, 0.29) is 0 Å². The fraction of sp³-hybridized carbons (Fsp3) is 0.583. The van der Waals surface area contributed by atoms with Gasteiger partial charge >= 0.3 is 0 Å². The van der Waals surface area contributed by atoms with Gasteiger partial charge in [-0.05, 0) is 44.2 Å². The average molecular weight is 205 g/mol. The Bertz CT molecular complexity index is 345. The maximum atomic E-state index is 6.05. The predicted molar refractivity (Wildman–Crippen MR) is 64.0 cm³/mol. The SMILES string of the molecule is CCN(CC1CC1)c1nccc(C)c1N. The van der Waals surface area contributed by atoms with E-state index in [0.29, 0.717) is 0 Å². The van der Waals surface area contributed by atoms with E-state index in [1.807, 2.05) is 19.2 Å². The van der Waals surface area contributed by atoms with E-state index in [1.54, 1.807) is 0 Å². The number of nitrogens with zero attached hydrogens (tertiary/aromatic N) is 2. The van der Waals surface area contributed by atoms with Crippen LogP contribution in [0.5, 0.6) is 0 Å². The largest absolute Gasteiger partial charge is 0.396 e. The van der Waals surface area contributed by atoms with Gasteiger partial charge in [0.2, 0.25) is 0 Å². The number of anilines is 2. The number of nitrogens with two attached hydrogens (primary N) is 1. The first-order valence-electron chi connectivity index (χ1n) is 5.68. The summed E-state index contributed by atoms with van der Waals surface area (Å²) in [4.78, 5) is 6.68. The van der Waals surface area contributed by atoms with Crippen molar-refractivity contribution in [3.8, 4) is 0 Å². The fourth-order valence-electron chi connectivity index (χ4n) is 1.78. The molecule has 0 spiro atoms. The van der Waals surface area contributed by atoms with Crippen molar-refractivity contribution >= 4 is 11.5 Å². The molecule has 0 atom stereocenters. The van der Waals surface area contributed by atoms with Crippen molar-refractivity contribution in [2.24, 2.45) is 5.92 Å². The Morgan fingerprint density at radius 2 is 2.27 bits per heavy atom. The fourth-order valence-corrected chi connectivity index (χ4v) is 1.78. The third kappa shape index (κ3) is 2.22. The second-order valence-corrected chi connectivity index (χ2v) is 4.35. The Labute approximate surface area is 91.3 Å². The van der Waals surface area contributed by atoms with E-state index >= 15 is 0 Å². The molecule has 1 heterocycles. The molecular weight excluding hydrogens is 186 g/mol. The van der Waals surface area contributed by atoms with Crippen molar-refractivity contribution < 1.29 is 0 Å². The molecule has 82 valence electrons. The quantitative estimate of drug-likeness (QED) is 0.819. The van der Waals surface area contributed by atoms with Crippen LogP contribution in [-0.2, 0) is 0 Å². The lowest BCUT2D eigenvalue weighted by Crippen LogP contribution is -2.27. The number of pyridine rings is 1. The predicted octanol–water partition coefficient (Wildman–Crippen LogP) is 2.21. The van der Waals surface area contributed by atoms with Crippen LogP contribution in [-0.4, -0.2) is 18.1 Å². The van der Waals surface area contributed by atoms with Gasteiger partial charge in [0.25, 0.3) is 0 Å². The number of aryl methyl sites for hydroxylation is 1. The van der Waals surface area contributed by atoms with Crippen molar-refractivity contribution in [3.05, 3.63) is 17.8 Å². The van der Waals surface area contributed by atoms with Crippen LogP contribution in [0.25, 0.3) is 0 Å². The van der Waals surface area contributed by atoms with Crippen molar-refractivity contribution in [3.63, 3.8) is 0 Å². The smallest absolute Gasteiger partial charge is 0.152 e. The van der Waals surface area contributed by atoms with Gasteiger partial charge in [-0.1, -0.05) is 0 Å². The van der Waals surface area contributed by atoms with E-state index in [1.165, 1.54) is 12.8 Å². The summed E-state index contributed by atoms with van der Waals surface area (Å²) in [7, 11) is 0. The van der Waals surface area contributed by atoms with Crippen molar-refractivity contribution in [1.29, 1.82) is 0 Å². The van der Waals surface area contributed by atoms with E-state index in [0.717, 1.165) is 36.1 Å². The summed E-state index contributed by atoms with van der Waals surface area (Å²) in [5.74, 6) is 1.83. The highest BCUT2D eigenvalue weighted by Gasteiger charge is 2.25. The van der Waals surface area contributed by atoms with Crippen LogP contribution in [0.2, 0.25) is 0 Å². The van der Waals surface area contributed by atoms with E-state index < -0.39 is 0 Å². The van der Waals surface area contributed by atoms with Gasteiger partial charge in [0.05, 0.1) is 5.69 Å². The van der Waals surface area contributed by atoms with Crippen LogP contribution in [0, 0.1) is 12.8 Å². The first kappa shape index (κ1) is 10.3. The highest BCUT2D eigenvalue weighted by molar-refractivity contribution is 5.66. The first-order chi connectivity index (χ1) is 7.22. The van der Waals surface area contributed by atoms with Crippen LogP contribution in [0.4, 0.5) is 11.5 Å². The molecule has 2 rings (SSSR count). The number of aromatic nitrogens is 1. The van der Waals surface area contributed by atoms with Gasteiger partial charge in [0, 0.05) is 19.3 Å². The van der Waals surface area contributed by atoms with Gasteiger partial charge in [-0.2, -0.15) is 0 Å². The molecule has 1 aliphatic carbocycles. The minimum absolute atomic E-state index is 0.833. The number of nitrogen functional groups attached to an aromatic ring is 1. The standard InChI is InChI=1S/C12H19N3/c1-3-15(8-10-4-5-10)12-11(13)9(2)6-7-14-12/h6-7,10H,3-5,8,13H2,1-2H3. The van der Waals surface area contributed by atoms with Crippen LogP contribution in [0.1, 0.15) is 25.3 Å². The van der Waals surface area contributed by atoms with Gasteiger partial charge in [0.15, 0.2) is 5.82 Å². The zero-order valence-electron chi connectivity index (χ0n) is 9.53. The topological polar surface area (TPSA) is 42.2 Å². The summed E-state index contributed by atoms with van der Waals surface area (Å²) in [6.45, 7) is 6.28. The lowest BCUT2D eigenvalue weighted by Gasteiger charge is -2.23. The molecule has 1 saturated carbocycles. The van der Waals surface area contributed by atoms with Crippen molar-refractivity contribution in [1.82, 2.24) is 4.98 Å². The van der Waals surface area contributed by atoms with Gasteiger partial charge in [-0.25, -0.2) is 4.98 Å². The summed E-state index contributed by atoms with van der Waals surface area (Å²) in [6.07, 6.45) is 4.57. The third-order valence-corrected chi connectivity index (χ3v) is 3.04. The van der Waals surface area contributed by atoms with Crippen LogP contribution in [0.3, 0.4) is 0 Å². The van der Waals surface area contributed by atoms with Gasteiger partial charge in [0.1, 0.15) is 0 Å². The molecule has 1 aromatic heterocycles. The molecule has 0 saturated heterocycles. The van der Waals surface area contributed by atoms with Crippen molar-refractivity contribution in [2.75, 3.05) is 23.7 Å². The Hall–Kier alpha value is -1.25. The Balaban J connectivity index is 2.20. The second kappa shape index (κ2) is 4.09. The number of rotatable bonds is 4. The molecule has 1 fully saturated rings. The van der Waals surface area contributed by atoms with E-state index in [2.05, 4.69) is 16.8 Å². The molecule has 2 N–H and O–H groups in total. The lowest BCUT2D eigenvalue weighted by atomic mass is 10.2. The van der Waals surface area contributed by atoms with Crippen LogP contribution < -0.4 is 10.6 Å². The summed E-state index contributed by atoms with van der Waals surface area (Å²) < 4.78 is 0. The summed E-state index contributed by atoms with van der Waals surface area (Å²) in [6, 6.07) is 1.96. The zero-order valence-corrected chi connectivity index (χ0v) is 9.53. The molecule has 1 aliphatic rings. The molecule has 0 aromatic carbocycles. The normalized spacial score (nSPS) is 15.3. The summed E-state index contributed by atoms with van der Waals surface area (Å²) >= 11 is 0. The maximum absolute atomic E-state index is 6.05. The first-order valence-corrected chi connectivity index (χ1v) is 5.68. The maximum Gasteiger partial charge on any atom is 0.152 e. The highest BCUT2D eigenvalue weighted by atomic mass is 15.2. The summed E-state index contributed by atoms with van der Waals surface area (Å²) in [5, 5.41) is 0. The Morgan fingerprint density at radius 3 is 2.87 bits per heavy atom. The van der Waals surface area contributed by atoms with E-state index in [9.17, 15) is 0 Å². The molecule has 0 radical (unpaired) electrons. The lowest BCUT2D eigenvalue weighted by molar-refractivity contribution is 0.733. The molecule has 3 nitrogen and oxygen atoms in total. The van der Waals surface area contributed by atoms with Crippen molar-refractivity contribution in [2.45, 2.75) is 26.7 Å². The third-order valence-electron chi connectivity index (χ3n) is 3.04. The van der Waals surface area contributed by atoms with Gasteiger partial charge < -0.3 is 10.6 Å². The summed E-state index contributed by atoms with van der Waals surface area (Å²) in [5.41, 5.74) is 8.00. The number of hydrogen-bond donors (Lipinski definition) is 1. The van der Waals surface area contributed by atoms with Gasteiger partial charge in [-0.3, -0.25) is 0 Å². The molecule has 1 aromatic rings. The minimum Gasteiger partial charge on any atom is -0.396 e. The molecule has 0 unspecified atom stereocenters. The monoisotopic (exact) mass is 205 g/mol. The van der Waals surface area contributed by atoms with Gasteiger partial charge in [-0.15, -0.1) is 0 Å². The Morgan fingerprint density at radius 1 is 1.53 bits per heavy atom. The average Bonchev–Trinajstić information content (AvgIpc) is 3.03. The second-order valence-electron chi connectivity index (χ2n) is 4.35. The number of hydrogen-bond acceptors (Lipinski definition) is 3. The molecule has 3 heteroatoms. The zero-order chi connectivity index (χ0) is 10.8. The Kier molecular flexibility index (Phi) is 2.80. The molecular formula is C12H19N3. The highest BCUT2D eigenvalue weighted by Crippen LogP contribution is 2.32. The molecule has 0 aliphatic heterocycles.